The molecule has 0 radical (unpaired) electrons. The number of nitrogens with zero attached hydrogens (tertiary/aromatic N) is 3. The lowest BCUT2D eigenvalue weighted by atomic mass is 10.1. The molecular weight excluding hydrogens is 392 g/mol. The zero-order chi connectivity index (χ0) is 22.3. The van der Waals surface area contributed by atoms with E-state index >= 15 is 0 Å². The minimum atomic E-state index is -0.551. The monoisotopic (exact) mass is 416 g/mol. The van der Waals surface area contributed by atoms with E-state index in [4.69, 9.17) is 0 Å². The van der Waals surface area contributed by atoms with Gasteiger partial charge in [-0.2, -0.15) is 0 Å². The summed E-state index contributed by atoms with van der Waals surface area (Å²) in [7, 11) is 1.78. The van der Waals surface area contributed by atoms with Crippen LogP contribution in [0.15, 0.2) is 64.2 Å². The van der Waals surface area contributed by atoms with E-state index in [1.54, 1.807) is 41.9 Å². The first kappa shape index (κ1) is 20.4. The second-order valence-electron chi connectivity index (χ2n) is 7.77. The Balaban J connectivity index is 1.84. The average molecular weight is 416 g/mol. The maximum atomic E-state index is 13.3. The number of carbonyl (C=O) groups excluding carboxylic acids is 1. The Hall–Kier alpha value is -3.87. The fourth-order valence-corrected chi connectivity index (χ4v) is 3.71. The van der Waals surface area contributed by atoms with Gasteiger partial charge >= 0.3 is 5.69 Å². The second kappa shape index (κ2) is 7.75. The van der Waals surface area contributed by atoms with Crippen molar-refractivity contribution in [2.24, 2.45) is 7.05 Å². The molecule has 2 aromatic carbocycles. The van der Waals surface area contributed by atoms with Crippen molar-refractivity contribution in [1.29, 1.82) is 0 Å². The lowest BCUT2D eigenvalue weighted by molar-refractivity contribution is -0.116. The van der Waals surface area contributed by atoms with Crippen LogP contribution in [0.2, 0.25) is 0 Å². The third kappa shape index (κ3) is 3.59. The van der Waals surface area contributed by atoms with Gasteiger partial charge in [0, 0.05) is 18.4 Å². The number of para-hydroxylation sites is 1. The van der Waals surface area contributed by atoms with E-state index in [9.17, 15) is 14.4 Å². The molecule has 1 amide bonds. The van der Waals surface area contributed by atoms with Crippen LogP contribution in [0.5, 0.6) is 0 Å². The molecule has 0 spiro atoms. The van der Waals surface area contributed by atoms with Crippen LogP contribution >= 0.6 is 0 Å². The number of anilines is 1. The van der Waals surface area contributed by atoms with E-state index in [0.717, 1.165) is 21.4 Å². The number of aromatic nitrogens is 3. The van der Waals surface area contributed by atoms with Crippen molar-refractivity contribution in [2.75, 3.05) is 5.32 Å². The standard InChI is InChI=1S/C24H24N4O3/c1-15-10-11-18(12-16(15)2)25-21(29)14-27-20-13-17(3)26(4)22(20)23(30)28(24(27)31)19-8-6-5-7-9-19/h5-13H,14H2,1-4H3,(H,25,29). The first-order valence-corrected chi connectivity index (χ1v) is 10.0. The summed E-state index contributed by atoms with van der Waals surface area (Å²) in [5, 5.41) is 2.85. The fraction of sp³-hybridized carbons (Fsp3) is 0.208. The molecule has 0 fully saturated rings. The Morgan fingerprint density at radius 2 is 1.65 bits per heavy atom. The quantitative estimate of drug-likeness (QED) is 0.555. The number of hydrogen-bond donors (Lipinski definition) is 1. The van der Waals surface area contributed by atoms with Gasteiger partial charge in [0.2, 0.25) is 5.91 Å². The van der Waals surface area contributed by atoms with E-state index in [-0.39, 0.29) is 12.5 Å². The number of fused-ring (bicyclic) bond motifs is 1. The smallest absolute Gasteiger partial charge is 0.336 e. The Bertz CT molecular complexity index is 1430. The van der Waals surface area contributed by atoms with Crippen LogP contribution in [0.4, 0.5) is 5.69 Å². The van der Waals surface area contributed by atoms with Crippen LogP contribution in [0.25, 0.3) is 16.7 Å². The van der Waals surface area contributed by atoms with Gasteiger partial charge in [-0.1, -0.05) is 24.3 Å². The maximum Gasteiger partial charge on any atom is 0.336 e. The maximum absolute atomic E-state index is 13.3. The zero-order valence-electron chi connectivity index (χ0n) is 18.0. The number of nitrogens with one attached hydrogen (secondary N) is 1. The predicted octanol–water partition coefficient (Wildman–Crippen LogP) is 3.05. The Morgan fingerprint density at radius 3 is 2.32 bits per heavy atom. The summed E-state index contributed by atoms with van der Waals surface area (Å²) in [6.07, 6.45) is 0. The molecule has 7 nitrogen and oxygen atoms in total. The molecule has 0 aliphatic carbocycles. The molecule has 1 N–H and O–H groups in total. The molecule has 0 atom stereocenters. The van der Waals surface area contributed by atoms with Gasteiger partial charge in [0.15, 0.2) is 0 Å². The first-order valence-electron chi connectivity index (χ1n) is 10.0. The molecule has 2 aromatic heterocycles. The molecule has 0 unspecified atom stereocenters. The van der Waals surface area contributed by atoms with Crippen molar-refractivity contribution in [3.63, 3.8) is 0 Å². The Morgan fingerprint density at radius 1 is 0.935 bits per heavy atom. The summed E-state index contributed by atoms with van der Waals surface area (Å²) in [5.74, 6) is -0.341. The molecule has 4 aromatic rings. The first-order chi connectivity index (χ1) is 14.8. The highest BCUT2D eigenvalue weighted by atomic mass is 16.2. The van der Waals surface area contributed by atoms with E-state index in [1.165, 1.54) is 4.57 Å². The highest BCUT2D eigenvalue weighted by Crippen LogP contribution is 2.16. The Kier molecular flexibility index (Phi) is 5.10. The summed E-state index contributed by atoms with van der Waals surface area (Å²) < 4.78 is 4.21. The molecule has 7 heteroatoms. The lowest BCUT2D eigenvalue weighted by Gasteiger charge is -2.13. The molecule has 0 aliphatic rings. The van der Waals surface area contributed by atoms with Crippen LogP contribution < -0.4 is 16.6 Å². The van der Waals surface area contributed by atoms with Crippen LogP contribution in [-0.2, 0) is 18.4 Å². The SMILES string of the molecule is Cc1ccc(NC(=O)Cn2c(=O)n(-c3ccccc3)c(=O)c3c2cc(C)n3C)cc1C. The predicted molar refractivity (Wildman–Crippen MR) is 122 cm³/mol. The largest absolute Gasteiger partial charge is 0.342 e. The number of benzene rings is 2. The van der Waals surface area contributed by atoms with Crippen molar-refractivity contribution in [1.82, 2.24) is 13.7 Å². The molecule has 4 rings (SSSR count). The van der Waals surface area contributed by atoms with Crippen LogP contribution in [0.3, 0.4) is 0 Å². The van der Waals surface area contributed by atoms with Crippen LogP contribution in [0.1, 0.15) is 16.8 Å². The van der Waals surface area contributed by atoms with E-state index in [1.807, 2.05) is 45.0 Å². The van der Waals surface area contributed by atoms with Crippen molar-refractivity contribution < 1.29 is 4.79 Å². The molecular formula is C24H24N4O3. The highest BCUT2D eigenvalue weighted by molar-refractivity contribution is 5.91. The van der Waals surface area contributed by atoms with Gasteiger partial charge in [0.05, 0.1) is 11.2 Å². The fourth-order valence-electron chi connectivity index (χ4n) is 3.71. The second-order valence-corrected chi connectivity index (χ2v) is 7.77. The number of carbonyl (C=O) groups is 1. The summed E-state index contributed by atoms with van der Waals surface area (Å²) >= 11 is 0. The van der Waals surface area contributed by atoms with Gasteiger partial charge in [-0.25, -0.2) is 9.36 Å². The van der Waals surface area contributed by atoms with Crippen LogP contribution in [-0.4, -0.2) is 19.6 Å². The highest BCUT2D eigenvalue weighted by Gasteiger charge is 2.20. The number of amides is 1. The van der Waals surface area contributed by atoms with Gasteiger partial charge < -0.3 is 9.88 Å². The molecule has 0 saturated heterocycles. The van der Waals surface area contributed by atoms with E-state index in [2.05, 4.69) is 5.32 Å². The summed E-state index contributed by atoms with van der Waals surface area (Å²) in [6.45, 7) is 5.62. The molecule has 0 bridgehead atoms. The average Bonchev–Trinajstić information content (AvgIpc) is 3.03. The number of aryl methyl sites for hydroxylation is 4. The molecule has 31 heavy (non-hydrogen) atoms. The van der Waals surface area contributed by atoms with Gasteiger partial charge in [-0.15, -0.1) is 0 Å². The van der Waals surface area contributed by atoms with Gasteiger partial charge in [-0.3, -0.25) is 14.2 Å². The number of rotatable bonds is 4. The third-order valence-electron chi connectivity index (χ3n) is 5.68. The van der Waals surface area contributed by atoms with Crippen LogP contribution in [0, 0.1) is 20.8 Å². The molecule has 158 valence electrons. The van der Waals surface area contributed by atoms with E-state index in [0.29, 0.717) is 22.4 Å². The minimum Gasteiger partial charge on any atom is -0.342 e. The van der Waals surface area contributed by atoms with Crippen molar-refractivity contribution in [2.45, 2.75) is 27.3 Å². The van der Waals surface area contributed by atoms with Gasteiger partial charge in [-0.05, 0) is 62.2 Å². The summed E-state index contributed by atoms with van der Waals surface area (Å²) in [6, 6.07) is 16.2. The van der Waals surface area contributed by atoms with Crippen molar-refractivity contribution >= 4 is 22.6 Å². The lowest BCUT2D eigenvalue weighted by Crippen LogP contribution is -2.41. The van der Waals surface area contributed by atoms with Crippen molar-refractivity contribution in [3.05, 3.63) is 92.3 Å². The summed E-state index contributed by atoms with van der Waals surface area (Å²) in [4.78, 5) is 39.4. The zero-order valence-corrected chi connectivity index (χ0v) is 18.0. The third-order valence-corrected chi connectivity index (χ3v) is 5.68. The normalized spacial score (nSPS) is 11.1. The van der Waals surface area contributed by atoms with E-state index < -0.39 is 11.2 Å². The molecule has 0 aliphatic heterocycles. The topological polar surface area (TPSA) is 78.0 Å². The molecule has 0 saturated carbocycles. The summed E-state index contributed by atoms with van der Waals surface area (Å²) in [5.41, 5.74) is 3.99. The Labute approximate surface area is 179 Å². The van der Waals surface area contributed by atoms with Crippen molar-refractivity contribution in [3.8, 4) is 5.69 Å². The number of hydrogen-bond acceptors (Lipinski definition) is 3. The van der Waals surface area contributed by atoms with Gasteiger partial charge in [0.1, 0.15) is 12.1 Å². The van der Waals surface area contributed by atoms with Gasteiger partial charge in [0.25, 0.3) is 5.56 Å². The minimum absolute atomic E-state index is 0.209. The molecule has 2 heterocycles.